The molecule has 1 aromatic rings. The Morgan fingerprint density at radius 1 is 1.38 bits per heavy atom. The lowest BCUT2D eigenvalue weighted by molar-refractivity contribution is 0.0697. The van der Waals surface area contributed by atoms with Crippen molar-refractivity contribution in [2.24, 2.45) is 5.73 Å². The summed E-state index contributed by atoms with van der Waals surface area (Å²) in [6, 6.07) is 7.20. The molecule has 4 heteroatoms. The van der Waals surface area contributed by atoms with Crippen LogP contribution in [-0.2, 0) is 0 Å². The lowest BCUT2D eigenvalue weighted by Gasteiger charge is -2.32. The summed E-state index contributed by atoms with van der Waals surface area (Å²) in [6.45, 7) is 1.85. The van der Waals surface area contributed by atoms with Gasteiger partial charge in [-0.3, -0.25) is 0 Å². The van der Waals surface area contributed by atoms with Crippen molar-refractivity contribution in [3.8, 4) is 0 Å². The SMILES string of the molecule is NC1CCCN(c2ccc(C(=O)O)cc2)C1. The van der Waals surface area contributed by atoms with E-state index in [1.807, 2.05) is 12.1 Å². The lowest BCUT2D eigenvalue weighted by atomic mass is 10.1. The van der Waals surface area contributed by atoms with Gasteiger partial charge in [-0.1, -0.05) is 0 Å². The van der Waals surface area contributed by atoms with E-state index in [1.54, 1.807) is 12.1 Å². The molecule has 2 rings (SSSR count). The van der Waals surface area contributed by atoms with Crippen molar-refractivity contribution in [3.63, 3.8) is 0 Å². The van der Waals surface area contributed by atoms with Crippen LogP contribution >= 0.6 is 0 Å². The van der Waals surface area contributed by atoms with Crippen LogP contribution in [0.15, 0.2) is 24.3 Å². The van der Waals surface area contributed by atoms with E-state index in [-0.39, 0.29) is 6.04 Å². The first-order chi connectivity index (χ1) is 7.66. The lowest BCUT2D eigenvalue weighted by Crippen LogP contribution is -2.42. The van der Waals surface area contributed by atoms with Crippen LogP contribution in [0.3, 0.4) is 0 Å². The summed E-state index contributed by atoms with van der Waals surface area (Å²) in [6.07, 6.45) is 2.17. The van der Waals surface area contributed by atoms with E-state index in [1.165, 1.54) is 0 Å². The maximum atomic E-state index is 10.7. The number of rotatable bonds is 2. The van der Waals surface area contributed by atoms with Gasteiger partial charge < -0.3 is 15.7 Å². The van der Waals surface area contributed by atoms with Crippen LogP contribution in [0.4, 0.5) is 5.69 Å². The van der Waals surface area contributed by atoms with Gasteiger partial charge in [0.05, 0.1) is 5.56 Å². The highest BCUT2D eigenvalue weighted by Gasteiger charge is 2.16. The molecule has 1 aliphatic rings. The van der Waals surface area contributed by atoms with E-state index < -0.39 is 5.97 Å². The molecule has 1 atom stereocenters. The van der Waals surface area contributed by atoms with E-state index in [9.17, 15) is 4.79 Å². The van der Waals surface area contributed by atoms with Crippen LogP contribution in [0.2, 0.25) is 0 Å². The van der Waals surface area contributed by atoms with Gasteiger partial charge >= 0.3 is 5.97 Å². The largest absolute Gasteiger partial charge is 0.478 e. The Hall–Kier alpha value is -1.55. The Balaban J connectivity index is 2.11. The molecule has 0 bridgehead atoms. The van der Waals surface area contributed by atoms with Crippen molar-refractivity contribution < 1.29 is 9.90 Å². The monoisotopic (exact) mass is 220 g/mol. The quantitative estimate of drug-likeness (QED) is 0.788. The third-order valence-corrected chi connectivity index (χ3v) is 2.94. The smallest absolute Gasteiger partial charge is 0.335 e. The number of nitrogens with zero attached hydrogens (tertiary/aromatic N) is 1. The standard InChI is InChI=1S/C12H16N2O2/c13-10-2-1-7-14(8-10)11-5-3-9(4-6-11)12(15)16/h3-6,10H,1-2,7-8,13H2,(H,15,16). The van der Waals surface area contributed by atoms with Crippen molar-refractivity contribution in [2.45, 2.75) is 18.9 Å². The van der Waals surface area contributed by atoms with Gasteiger partial charge in [-0.25, -0.2) is 4.79 Å². The zero-order valence-electron chi connectivity index (χ0n) is 9.10. The Bertz CT molecular complexity index is 375. The third kappa shape index (κ3) is 2.33. The average molecular weight is 220 g/mol. The van der Waals surface area contributed by atoms with Gasteiger partial charge in [0.2, 0.25) is 0 Å². The molecule has 0 radical (unpaired) electrons. The average Bonchev–Trinajstić information content (AvgIpc) is 2.29. The first-order valence-electron chi connectivity index (χ1n) is 5.50. The van der Waals surface area contributed by atoms with Crippen molar-refractivity contribution >= 4 is 11.7 Å². The first-order valence-corrected chi connectivity index (χ1v) is 5.50. The van der Waals surface area contributed by atoms with Gasteiger partial charge in [0.1, 0.15) is 0 Å². The minimum Gasteiger partial charge on any atom is -0.478 e. The van der Waals surface area contributed by atoms with Crippen LogP contribution in [0.5, 0.6) is 0 Å². The predicted molar refractivity (Wildman–Crippen MR) is 62.8 cm³/mol. The zero-order valence-corrected chi connectivity index (χ0v) is 9.10. The molecule has 0 aliphatic carbocycles. The molecular weight excluding hydrogens is 204 g/mol. The van der Waals surface area contributed by atoms with E-state index in [4.69, 9.17) is 10.8 Å². The Morgan fingerprint density at radius 2 is 2.06 bits per heavy atom. The Morgan fingerprint density at radius 3 is 2.62 bits per heavy atom. The molecular formula is C12H16N2O2. The minimum atomic E-state index is -0.887. The van der Waals surface area contributed by atoms with Crippen LogP contribution in [0, 0.1) is 0 Å². The van der Waals surface area contributed by atoms with Crippen molar-refractivity contribution in [2.75, 3.05) is 18.0 Å². The summed E-state index contributed by atoms with van der Waals surface area (Å²) in [5.74, 6) is -0.887. The fourth-order valence-electron chi connectivity index (χ4n) is 2.06. The molecule has 1 saturated heterocycles. The number of aromatic carboxylic acids is 1. The van der Waals surface area contributed by atoms with Crippen molar-refractivity contribution in [1.82, 2.24) is 0 Å². The molecule has 0 saturated carbocycles. The third-order valence-electron chi connectivity index (χ3n) is 2.94. The zero-order chi connectivity index (χ0) is 11.5. The molecule has 0 aromatic heterocycles. The van der Waals surface area contributed by atoms with Gasteiger partial charge in [-0.15, -0.1) is 0 Å². The van der Waals surface area contributed by atoms with E-state index in [0.29, 0.717) is 5.56 Å². The molecule has 0 spiro atoms. The number of hydrogen-bond acceptors (Lipinski definition) is 3. The highest BCUT2D eigenvalue weighted by molar-refractivity contribution is 5.88. The Kier molecular flexibility index (Phi) is 3.10. The van der Waals surface area contributed by atoms with E-state index in [2.05, 4.69) is 4.90 Å². The molecule has 86 valence electrons. The molecule has 1 unspecified atom stereocenters. The number of piperidine rings is 1. The molecule has 1 aliphatic heterocycles. The maximum Gasteiger partial charge on any atom is 0.335 e. The second-order valence-electron chi connectivity index (χ2n) is 4.20. The Labute approximate surface area is 94.7 Å². The van der Waals surface area contributed by atoms with Gasteiger partial charge in [0, 0.05) is 24.8 Å². The highest BCUT2D eigenvalue weighted by Crippen LogP contribution is 2.19. The second-order valence-corrected chi connectivity index (χ2v) is 4.20. The molecule has 3 N–H and O–H groups in total. The molecule has 1 heterocycles. The topological polar surface area (TPSA) is 66.6 Å². The number of carboxylic acid groups (broad SMARTS) is 1. The molecule has 0 amide bonds. The predicted octanol–water partition coefficient (Wildman–Crippen LogP) is 1.31. The number of carboxylic acids is 1. The van der Waals surface area contributed by atoms with Crippen LogP contribution in [0.25, 0.3) is 0 Å². The number of carbonyl (C=O) groups is 1. The summed E-state index contributed by atoms with van der Waals surface area (Å²) >= 11 is 0. The van der Waals surface area contributed by atoms with E-state index in [0.717, 1.165) is 31.6 Å². The maximum absolute atomic E-state index is 10.7. The number of benzene rings is 1. The molecule has 16 heavy (non-hydrogen) atoms. The van der Waals surface area contributed by atoms with Crippen LogP contribution < -0.4 is 10.6 Å². The summed E-state index contributed by atoms with van der Waals surface area (Å²) in [5, 5.41) is 8.79. The summed E-state index contributed by atoms with van der Waals surface area (Å²) < 4.78 is 0. The summed E-state index contributed by atoms with van der Waals surface area (Å²) in [5.41, 5.74) is 7.28. The highest BCUT2D eigenvalue weighted by atomic mass is 16.4. The van der Waals surface area contributed by atoms with Crippen LogP contribution in [0.1, 0.15) is 23.2 Å². The fraction of sp³-hybridized carbons (Fsp3) is 0.417. The second kappa shape index (κ2) is 4.53. The van der Waals surface area contributed by atoms with E-state index >= 15 is 0 Å². The van der Waals surface area contributed by atoms with Crippen LogP contribution in [-0.4, -0.2) is 30.2 Å². The number of anilines is 1. The molecule has 4 nitrogen and oxygen atoms in total. The number of nitrogens with two attached hydrogens (primary N) is 1. The van der Waals surface area contributed by atoms with Gasteiger partial charge in [-0.2, -0.15) is 0 Å². The van der Waals surface area contributed by atoms with Gasteiger partial charge in [0.25, 0.3) is 0 Å². The fourth-order valence-corrected chi connectivity index (χ4v) is 2.06. The molecule has 1 aromatic carbocycles. The van der Waals surface area contributed by atoms with Crippen molar-refractivity contribution in [1.29, 1.82) is 0 Å². The first kappa shape index (κ1) is 11.0. The normalized spacial score (nSPS) is 20.8. The number of hydrogen-bond donors (Lipinski definition) is 2. The summed E-state index contributed by atoms with van der Waals surface area (Å²) in [4.78, 5) is 12.9. The van der Waals surface area contributed by atoms with Gasteiger partial charge in [0.15, 0.2) is 0 Å². The van der Waals surface area contributed by atoms with Gasteiger partial charge in [-0.05, 0) is 37.1 Å². The van der Waals surface area contributed by atoms with Crippen molar-refractivity contribution in [3.05, 3.63) is 29.8 Å². The molecule has 1 fully saturated rings. The minimum absolute atomic E-state index is 0.230. The summed E-state index contributed by atoms with van der Waals surface area (Å²) in [7, 11) is 0.